The van der Waals surface area contributed by atoms with Crippen LogP contribution < -0.4 is 4.74 Å². The van der Waals surface area contributed by atoms with Crippen LogP contribution in [0.2, 0.25) is 5.02 Å². The van der Waals surface area contributed by atoms with Crippen LogP contribution in [0.3, 0.4) is 0 Å². The molecule has 4 rings (SSSR count). The van der Waals surface area contributed by atoms with Crippen molar-refractivity contribution in [3.05, 3.63) is 58.9 Å². The molecule has 0 spiro atoms. The molecule has 3 aromatic rings. The number of ether oxygens (including phenoxy) is 1. The number of methoxy groups -OCH3 is 1. The molecule has 1 aliphatic carbocycles. The molecule has 1 aromatic heterocycles. The molecule has 0 unspecified atom stereocenters. The summed E-state index contributed by atoms with van der Waals surface area (Å²) in [4.78, 5) is 0. The molecule has 29 heavy (non-hydrogen) atoms. The average Bonchev–Trinajstić information content (AvgIpc) is 3.18. The Labute approximate surface area is 179 Å². The van der Waals surface area contributed by atoms with Crippen LogP contribution in [0, 0.1) is 5.82 Å². The minimum absolute atomic E-state index is 0.288. The van der Waals surface area contributed by atoms with Crippen molar-refractivity contribution in [1.82, 2.24) is 14.8 Å². The molecule has 152 valence electrons. The van der Waals surface area contributed by atoms with E-state index in [2.05, 4.69) is 14.8 Å². The van der Waals surface area contributed by atoms with Crippen molar-refractivity contribution in [2.75, 3.05) is 7.11 Å². The van der Waals surface area contributed by atoms with Crippen LogP contribution in [0.15, 0.2) is 47.6 Å². The van der Waals surface area contributed by atoms with Gasteiger partial charge in [-0.15, -0.1) is 10.2 Å². The zero-order valence-corrected chi connectivity index (χ0v) is 17.8. The molecule has 1 fully saturated rings. The van der Waals surface area contributed by atoms with Gasteiger partial charge in [0, 0.05) is 27.9 Å². The van der Waals surface area contributed by atoms with Crippen molar-refractivity contribution in [3.8, 4) is 17.1 Å². The normalized spacial score (nSPS) is 14.9. The molecule has 0 saturated heterocycles. The number of halogens is 2. The molecular formula is C22H23ClFN3OS. The second kappa shape index (κ2) is 9.18. The molecule has 1 saturated carbocycles. The van der Waals surface area contributed by atoms with Crippen LogP contribution in [-0.2, 0) is 5.75 Å². The monoisotopic (exact) mass is 431 g/mol. The van der Waals surface area contributed by atoms with Crippen molar-refractivity contribution in [1.29, 1.82) is 0 Å². The minimum Gasteiger partial charge on any atom is -0.497 e. The topological polar surface area (TPSA) is 39.9 Å². The summed E-state index contributed by atoms with van der Waals surface area (Å²) >= 11 is 7.69. The van der Waals surface area contributed by atoms with E-state index in [0.717, 1.165) is 35.1 Å². The van der Waals surface area contributed by atoms with Gasteiger partial charge in [0.15, 0.2) is 11.0 Å². The van der Waals surface area contributed by atoms with Crippen LogP contribution in [0.5, 0.6) is 5.75 Å². The number of rotatable bonds is 6. The summed E-state index contributed by atoms with van der Waals surface area (Å²) < 4.78 is 21.7. The van der Waals surface area contributed by atoms with Gasteiger partial charge >= 0.3 is 0 Å². The molecule has 1 aliphatic rings. The molecule has 1 heterocycles. The maximum absolute atomic E-state index is 14.2. The number of hydrogen-bond donors (Lipinski definition) is 0. The van der Waals surface area contributed by atoms with E-state index in [1.807, 2.05) is 24.3 Å². The molecular weight excluding hydrogens is 409 g/mol. The number of benzene rings is 2. The van der Waals surface area contributed by atoms with Crippen LogP contribution >= 0.6 is 23.4 Å². The van der Waals surface area contributed by atoms with Crippen LogP contribution in [0.1, 0.15) is 43.7 Å². The second-order valence-electron chi connectivity index (χ2n) is 7.19. The molecule has 0 radical (unpaired) electrons. The summed E-state index contributed by atoms with van der Waals surface area (Å²) in [6.07, 6.45) is 5.89. The highest BCUT2D eigenvalue weighted by molar-refractivity contribution is 7.98. The van der Waals surface area contributed by atoms with E-state index in [9.17, 15) is 4.39 Å². The fourth-order valence-electron chi connectivity index (χ4n) is 3.79. The largest absolute Gasteiger partial charge is 0.497 e. The van der Waals surface area contributed by atoms with Gasteiger partial charge in [-0.05, 0) is 49.2 Å². The van der Waals surface area contributed by atoms with Crippen molar-refractivity contribution < 1.29 is 9.13 Å². The summed E-state index contributed by atoms with van der Waals surface area (Å²) in [5.41, 5.74) is 1.50. The summed E-state index contributed by atoms with van der Waals surface area (Å²) in [5.74, 6) is 1.78. The summed E-state index contributed by atoms with van der Waals surface area (Å²) in [6.45, 7) is 0. The molecule has 4 nitrogen and oxygen atoms in total. The minimum atomic E-state index is -0.288. The van der Waals surface area contributed by atoms with Crippen molar-refractivity contribution in [2.24, 2.45) is 0 Å². The highest BCUT2D eigenvalue weighted by Gasteiger charge is 2.24. The predicted octanol–water partition coefficient (Wildman–Crippen LogP) is 6.54. The third kappa shape index (κ3) is 4.43. The fraction of sp³-hybridized carbons (Fsp3) is 0.364. The third-order valence-corrected chi connectivity index (χ3v) is 6.68. The van der Waals surface area contributed by atoms with Gasteiger partial charge in [-0.2, -0.15) is 0 Å². The molecule has 0 aliphatic heterocycles. The van der Waals surface area contributed by atoms with Crippen molar-refractivity contribution >= 4 is 23.4 Å². The van der Waals surface area contributed by atoms with E-state index in [4.69, 9.17) is 16.3 Å². The highest BCUT2D eigenvalue weighted by atomic mass is 35.5. The summed E-state index contributed by atoms with van der Waals surface area (Å²) in [5, 5.41) is 10.2. The van der Waals surface area contributed by atoms with E-state index in [1.165, 1.54) is 37.1 Å². The van der Waals surface area contributed by atoms with Gasteiger partial charge in [-0.1, -0.05) is 48.7 Å². The van der Waals surface area contributed by atoms with E-state index >= 15 is 0 Å². The molecule has 0 N–H and O–H groups in total. The van der Waals surface area contributed by atoms with Gasteiger partial charge in [0.1, 0.15) is 11.6 Å². The summed E-state index contributed by atoms with van der Waals surface area (Å²) in [6, 6.07) is 13.0. The Morgan fingerprint density at radius 1 is 1.10 bits per heavy atom. The smallest absolute Gasteiger partial charge is 0.192 e. The van der Waals surface area contributed by atoms with Crippen LogP contribution in [0.25, 0.3) is 11.4 Å². The van der Waals surface area contributed by atoms with Gasteiger partial charge in [-0.25, -0.2) is 4.39 Å². The number of thioether (sulfide) groups is 1. The molecule has 2 aromatic carbocycles. The molecule has 7 heteroatoms. The number of aromatic nitrogens is 3. The Balaban J connectivity index is 1.66. The second-order valence-corrected chi connectivity index (χ2v) is 8.54. The molecule has 0 amide bonds. The Kier molecular flexibility index (Phi) is 6.40. The lowest BCUT2D eigenvalue weighted by molar-refractivity contribution is 0.339. The quantitative estimate of drug-likeness (QED) is 0.415. The zero-order chi connectivity index (χ0) is 20.2. The van der Waals surface area contributed by atoms with Gasteiger partial charge in [0.2, 0.25) is 0 Å². The van der Waals surface area contributed by atoms with E-state index in [-0.39, 0.29) is 5.82 Å². The maximum Gasteiger partial charge on any atom is 0.192 e. The first-order chi connectivity index (χ1) is 14.2. The fourth-order valence-corrected chi connectivity index (χ4v) is 5.14. The first-order valence-electron chi connectivity index (χ1n) is 9.82. The third-order valence-electron chi connectivity index (χ3n) is 5.36. The zero-order valence-electron chi connectivity index (χ0n) is 16.3. The Bertz CT molecular complexity index is 950. The van der Waals surface area contributed by atoms with Gasteiger partial charge in [0.25, 0.3) is 0 Å². The lowest BCUT2D eigenvalue weighted by atomic mass is 9.95. The Morgan fingerprint density at radius 2 is 1.86 bits per heavy atom. The van der Waals surface area contributed by atoms with E-state index in [0.29, 0.717) is 22.4 Å². The number of hydrogen-bond acceptors (Lipinski definition) is 4. The highest BCUT2D eigenvalue weighted by Crippen LogP contribution is 2.37. The summed E-state index contributed by atoms with van der Waals surface area (Å²) in [7, 11) is 1.65. The van der Waals surface area contributed by atoms with Crippen molar-refractivity contribution in [3.63, 3.8) is 0 Å². The SMILES string of the molecule is COc1ccc(-c2nnc(SCc3c(F)cccc3Cl)n2C2CCCCC2)cc1. The van der Waals surface area contributed by atoms with Crippen LogP contribution in [0.4, 0.5) is 4.39 Å². The van der Waals surface area contributed by atoms with Gasteiger partial charge in [-0.3, -0.25) is 4.57 Å². The lowest BCUT2D eigenvalue weighted by Gasteiger charge is -2.25. The molecule has 0 atom stereocenters. The number of nitrogens with zero attached hydrogens (tertiary/aromatic N) is 3. The van der Waals surface area contributed by atoms with Gasteiger partial charge in [0.05, 0.1) is 7.11 Å². The van der Waals surface area contributed by atoms with Crippen LogP contribution in [-0.4, -0.2) is 21.9 Å². The van der Waals surface area contributed by atoms with E-state index in [1.54, 1.807) is 19.2 Å². The van der Waals surface area contributed by atoms with Gasteiger partial charge < -0.3 is 4.74 Å². The van der Waals surface area contributed by atoms with Crippen molar-refractivity contribution in [2.45, 2.75) is 49.1 Å². The standard InChI is InChI=1S/C22H23ClFN3OS/c1-28-17-12-10-15(11-13-17)21-25-26-22(27(21)16-6-3-2-4-7-16)29-14-18-19(23)8-5-9-20(18)24/h5,8-13,16H,2-4,6-7,14H2,1H3. The molecule has 0 bridgehead atoms. The lowest BCUT2D eigenvalue weighted by Crippen LogP contribution is -2.15. The van der Waals surface area contributed by atoms with E-state index < -0.39 is 0 Å². The Hall–Kier alpha value is -2.05. The maximum atomic E-state index is 14.2. The predicted molar refractivity (Wildman–Crippen MR) is 115 cm³/mol. The average molecular weight is 432 g/mol. The first kappa shape index (κ1) is 20.2. The Morgan fingerprint density at radius 3 is 2.55 bits per heavy atom. The first-order valence-corrected chi connectivity index (χ1v) is 11.2.